The van der Waals surface area contributed by atoms with Gasteiger partial charge in [0.1, 0.15) is 0 Å². The fourth-order valence-electron chi connectivity index (χ4n) is 0.707. The van der Waals surface area contributed by atoms with E-state index in [9.17, 15) is 0 Å². The second kappa shape index (κ2) is 8.74. The van der Waals surface area contributed by atoms with Crippen molar-refractivity contribution in [2.24, 2.45) is 0 Å². The first-order chi connectivity index (χ1) is 5.72. The van der Waals surface area contributed by atoms with Crippen molar-refractivity contribution in [3.63, 3.8) is 0 Å². The molecule has 0 aliphatic rings. The molecule has 0 nitrogen and oxygen atoms in total. The van der Waals surface area contributed by atoms with E-state index in [1.165, 1.54) is 0 Å². The molecule has 0 amide bonds. The third kappa shape index (κ3) is 7.74. The quantitative estimate of drug-likeness (QED) is 0.493. The lowest BCUT2D eigenvalue weighted by atomic mass is 10.2. The molecule has 0 radical (unpaired) electrons. The van der Waals surface area contributed by atoms with E-state index in [-0.39, 0.29) is 0 Å². The number of hydrogen-bond acceptors (Lipinski definition) is 0. The van der Waals surface area contributed by atoms with Crippen LogP contribution in [0.2, 0.25) is 0 Å². The maximum absolute atomic E-state index is 7.55. The molecule has 0 bridgehead atoms. The Bertz CT molecular complexity index is 123. The molecule has 0 unspecified atom stereocenters. The normalized spacial score (nSPS) is 15.8. The largest absolute Gasteiger partial charge is 0.0885 e. The summed E-state index contributed by atoms with van der Waals surface area (Å²) in [4.78, 5) is 0. The number of unbranched alkanes of at least 4 members (excludes halogenated alkanes) is 2. The van der Waals surface area contributed by atoms with E-state index in [4.69, 9.17) is 2.74 Å². The van der Waals surface area contributed by atoms with E-state index in [0.29, 0.717) is 12.1 Å². The summed E-state index contributed by atoms with van der Waals surface area (Å²) < 4.78 is 15.1. The summed E-state index contributed by atoms with van der Waals surface area (Å²) in [6, 6.07) is 1.09. The van der Waals surface area contributed by atoms with Crippen LogP contribution in [0.25, 0.3) is 0 Å². The van der Waals surface area contributed by atoms with Crippen LogP contribution in [0.1, 0.15) is 55.1 Å². The van der Waals surface area contributed by atoms with Crippen LogP contribution in [0.4, 0.5) is 0 Å². The zero-order chi connectivity index (χ0) is 9.40. The van der Waals surface area contributed by atoms with Crippen molar-refractivity contribution in [2.45, 2.75) is 52.4 Å². The summed E-state index contributed by atoms with van der Waals surface area (Å²) in [5.41, 5.74) is 0. The van der Waals surface area contributed by atoms with Crippen molar-refractivity contribution < 1.29 is 2.74 Å². The highest BCUT2D eigenvalue weighted by molar-refractivity contribution is 4.80. The maximum atomic E-state index is 7.55. The molecule has 0 saturated carbocycles. The minimum atomic E-state index is 0.547. The molecule has 0 atom stereocenters. The third-order valence-electron chi connectivity index (χ3n) is 1.44. The van der Waals surface area contributed by atoms with E-state index < -0.39 is 0 Å². The molecule has 0 N–H and O–H groups in total. The molecule has 0 heterocycles. The van der Waals surface area contributed by atoms with Gasteiger partial charge in [-0.3, -0.25) is 0 Å². The lowest BCUT2D eigenvalue weighted by molar-refractivity contribution is 0.793. The van der Waals surface area contributed by atoms with Crippen LogP contribution < -0.4 is 0 Å². The molecular weight excluding hydrogens is 120 g/mol. The molecule has 0 aliphatic heterocycles. The van der Waals surface area contributed by atoms with Gasteiger partial charge in [0.15, 0.2) is 0 Å². The van der Waals surface area contributed by atoms with Gasteiger partial charge in [-0.25, -0.2) is 0 Å². The Kier molecular flexibility index (Phi) is 5.64. The van der Waals surface area contributed by atoms with E-state index in [1.807, 2.05) is 0 Å². The van der Waals surface area contributed by atoms with Gasteiger partial charge < -0.3 is 0 Å². The Labute approximate surface area is 68.1 Å². The topological polar surface area (TPSA) is 0 Å². The second-order valence-electron chi connectivity index (χ2n) is 2.56. The van der Waals surface area contributed by atoms with Crippen LogP contribution in [0.5, 0.6) is 0 Å². The molecule has 0 fully saturated rings. The SMILES string of the molecule is [2H]/C(CCCC)=C(\[2H])CCCC. The summed E-state index contributed by atoms with van der Waals surface area (Å²) in [6.45, 7) is 4.23. The lowest BCUT2D eigenvalue weighted by Gasteiger charge is -1.89. The molecule has 0 aromatic carbocycles. The number of allylic oxidation sites excluding steroid dienone is 2. The first kappa shape index (κ1) is 6.45. The van der Waals surface area contributed by atoms with Gasteiger partial charge in [-0.2, -0.15) is 0 Å². The fourth-order valence-corrected chi connectivity index (χ4v) is 0.707. The fraction of sp³-hybridized carbons (Fsp3) is 0.800. The number of rotatable bonds is 6. The Morgan fingerprint density at radius 3 is 1.70 bits per heavy atom. The summed E-state index contributed by atoms with van der Waals surface area (Å²) in [5, 5.41) is 0. The van der Waals surface area contributed by atoms with Gasteiger partial charge in [0.2, 0.25) is 0 Å². The molecule has 0 rings (SSSR count). The van der Waals surface area contributed by atoms with Crippen LogP contribution >= 0.6 is 0 Å². The van der Waals surface area contributed by atoms with Gasteiger partial charge in [0, 0.05) is 0 Å². The zero-order valence-electron chi connectivity index (χ0n) is 9.24. The van der Waals surface area contributed by atoms with Crippen molar-refractivity contribution in [3.05, 3.63) is 12.1 Å². The van der Waals surface area contributed by atoms with Crippen LogP contribution in [-0.4, -0.2) is 0 Å². The number of hydrogen-bond donors (Lipinski definition) is 0. The molecule has 0 saturated heterocycles. The molecule has 0 aliphatic carbocycles. The highest BCUT2D eigenvalue weighted by atomic mass is 13.9. The molecule has 0 aromatic rings. The van der Waals surface area contributed by atoms with E-state index in [2.05, 4.69) is 13.8 Å². The van der Waals surface area contributed by atoms with Gasteiger partial charge in [0.25, 0.3) is 0 Å². The maximum Gasteiger partial charge on any atom is 0.0572 e. The van der Waals surface area contributed by atoms with E-state index in [0.717, 1.165) is 38.5 Å². The van der Waals surface area contributed by atoms with Crippen LogP contribution in [0.3, 0.4) is 0 Å². The minimum Gasteiger partial charge on any atom is -0.0885 e. The summed E-state index contributed by atoms with van der Waals surface area (Å²) in [7, 11) is 0. The first-order valence-corrected chi connectivity index (χ1v) is 4.37. The second-order valence-corrected chi connectivity index (χ2v) is 2.56. The average Bonchev–Trinajstić information content (AvgIpc) is 2.10. The van der Waals surface area contributed by atoms with Crippen molar-refractivity contribution in [1.29, 1.82) is 0 Å². The molecule has 10 heavy (non-hydrogen) atoms. The Morgan fingerprint density at radius 2 is 1.40 bits per heavy atom. The van der Waals surface area contributed by atoms with Crippen molar-refractivity contribution in [2.75, 3.05) is 0 Å². The monoisotopic (exact) mass is 142 g/mol. The van der Waals surface area contributed by atoms with Crippen LogP contribution in [0.15, 0.2) is 12.1 Å². The smallest absolute Gasteiger partial charge is 0.0572 e. The predicted octanol–water partition coefficient (Wildman–Crippen LogP) is 3.92. The Hall–Kier alpha value is -0.260. The molecule has 0 aromatic heterocycles. The zero-order valence-corrected chi connectivity index (χ0v) is 7.24. The van der Waals surface area contributed by atoms with Crippen molar-refractivity contribution in [3.8, 4) is 0 Å². The van der Waals surface area contributed by atoms with Gasteiger partial charge in [-0.05, 0) is 12.8 Å². The molecule has 0 spiro atoms. The Morgan fingerprint density at radius 1 is 1.00 bits per heavy atom. The lowest BCUT2D eigenvalue weighted by Crippen LogP contribution is -1.69. The van der Waals surface area contributed by atoms with E-state index >= 15 is 0 Å². The first-order valence-electron chi connectivity index (χ1n) is 5.37. The molecular formula is C10H20. The van der Waals surface area contributed by atoms with Crippen LogP contribution in [0, 0.1) is 0 Å². The Balaban J connectivity index is 3.72. The van der Waals surface area contributed by atoms with Crippen LogP contribution in [-0.2, 0) is 0 Å². The molecule has 0 heteroatoms. The highest BCUT2D eigenvalue weighted by Crippen LogP contribution is 1.99. The van der Waals surface area contributed by atoms with Crippen molar-refractivity contribution in [1.82, 2.24) is 0 Å². The van der Waals surface area contributed by atoms with Gasteiger partial charge in [0.05, 0.1) is 2.74 Å². The predicted molar refractivity (Wildman–Crippen MR) is 48.2 cm³/mol. The van der Waals surface area contributed by atoms with Gasteiger partial charge in [-0.1, -0.05) is 51.6 Å². The van der Waals surface area contributed by atoms with Gasteiger partial charge in [-0.15, -0.1) is 0 Å². The standard InChI is InChI=1S/C10H20/c1-3-5-7-9-10-8-6-4-2/h9-10H,3-8H2,1-2H3/b10-9-/i9D,10D. The summed E-state index contributed by atoms with van der Waals surface area (Å²) in [6.07, 6.45) is 5.91. The average molecular weight is 142 g/mol. The summed E-state index contributed by atoms with van der Waals surface area (Å²) in [5.74, 6) is 0. The van der Waals surface area contributed by atoms with Gasteiger partial charge >= 0.3 is 0 Å². The highest BCUT2D eigenvalue weighted by Gasteiger charge is 1.78. The summed E-state index contributed by atoms with van der Waals surface area (Å²) >= 11 is 0. The van der Waals surface area contributed by atoms with Crippen molar-refractivity contribution >= 4 is 0 Å². The molecule has 60 valence electrons. The third-order valence-corrected chi connectivity index (χ3v) is 1.44. The minimum absolute atomic E-state index is 0.547. The van der Waals surface area contributed by atoms with E-state index in [1.54, 1.807) is 0 Å².